The lowest BCUT2D eigenvalue weighted by Gasteiger charge is -2.19. The number of hydrogen-bond donors (Lipinski definition) is 0. The molecule has 0 aliphatic rings. The second-order valence-electron chi connectivity index (χ2n) is 11.6. The molecule has 0 fully saturated rings. The van der Waals surface area contributed by atoms with Crippen molar-refractivity contribution in [2.75, 3.05) is 0 Å². The molecule has 0 saturated heterocycles. The molecular formula is C43H25NS2. The van der Waals surface area contributed by atoms with Crippen LogP contribution in [0.2, 0.25) is 0 Å². The van der Waals surface area contributed by atoms with E-state index in [1.807, 2.05) is 40.9 Å². The summed E-state index contributed by atoms with van der Waals surface area (Å²) in [5.41, 5.74) is 9.57. The third-order valence-corrected chi connectivity index (χ3v) is 11.3. The van der Waals surface area contributed by atoms with Gasteiger partial charge in [0.05, 0.1) is 11.6 Å². The van der Waals surface area contributed by atoms with Gasteiger partial charge in [0.25, 0.3) is 0 Å². The van der Waals surface area contributed by atoms with E-state index in [-0.39, 0.29) is 0 Å². The molecule has 0 spiro atoms. The smallest absolute Gasteiger partial charge is 0.0998 e. The lowest BCUT2D eigenvalue weighted by molar-refractivity contribution is 1.47. The number of thiophene rings is 2. The van der Waals surface area contributed by atoms with Crippen molar-refractivity contribution in [3.8, 4) is 50.6 Å². The lowest BCUT2D eigenvalue weighted by atomic mass is 9.84. The van der Waals surface area contributed by atoms with Crippen LogP contribution < -0.4 is 0 Å². The minimum Gasteiger partial charge on any atom is -0.192 e. The summed E-state index contributed by atoms with van der Waals surface area (Å²) in [4.78, 5) is 0. The Labute approximate surface area is 274 Å². The van der Waals surface area contributed by atoms with E-state index in [0.717, 1.165) is 38.9 Å². The van der Waals surface area contributed by atoms with Crippen molar-refractivity contribution in [3.05, 3.63) is 157 Å². The summed E-state index contributed by atoms with van der Waals surface area (Å²) < 4.78 is 5.16. The van der Waals surface area contributed by atoms with Gasteiger partial charge < -0.3 is 0 Å². The summed E-state index contributed by atoms with van der Waals surface area (Å²) in [6, 6.07) is 56.8. The van der Waals surface area contributed by atoms with Gasteiger partial charge in [-0.15, -0.1) is 22.7 Å². The summed E-state index contributed by atoms with van der Waals surface area (Å²) in [6.07, 6.45) is 0. The number of hydrogen-bond acceptors (Lipinski definition) is 3. The highest BCUT2D eigenvalue weighted by atomic mass is 32.1. The molecule has 3 heteroatoms. The summed E-state index contributed by atoms with van der Waals surface area (Å²) in [5, 5.41) is 15.3. The summed E-state index contributed by atoms with van der Waals surface area (Å²) in [5.74, 6) is 0. The van der Waals surface area contributed by atoms with Gasteiger partial charge >= 0.3 is 0 Å². The van der Waals surface area contributed by atoms with Crippen LogP contribution in [-0.2, 0) is 0 Å². The number of rotatable bonds is 4. The van der Waals surface area contributed by atoms with Gasteiger partial charge in [-0.3, -0.25) is 0 Å². The van der Waals surface area contributed by atoms with Gasteiger partial charge in [0.15, 0.2) is 0 Å². The molecule has 0 aliphatic heterocycles. The summed E-state index contributed by atoms with van der Waals surface area (Å²) in [6.45, 7) is 0. The van der Waals surface area contributed by atoms with Crippen LogP contribution in [0.4, 0.5) is 0 Å². The monoisotopic (exact) mass is 619 g/mol. The topological polar surface area (TPSA) is 23.8 Å². The summed E-state index contributed by atoms with van der Waals surface area (Å²) >= 11 is 3.67. The van der Waals surface area contributed by atoms with E-state index in [2.05, 4.69) is 140 Å². The first-order chi connectivity index (χ1) is 22.7. The Bertz CT molecular complexity index is 2650. The van der Waals surface area contributed by atoms with Crippen LogP contribution in [0.25, 0.3) is 84.9 Å². The number of benzene rings is 7. The highest BCUT2D eigenvalue weighted by molar-refractivity contribution is 7.26. The minimum absolute atomic E-state index is 0.670. The molecule has 0 radical (unpaired) electrons. The SMILES string of the molecule is N#Cc1ccccc1-c1cc(-c2ccc3sc4ccccc4c3c2)c(-c2ccccc2)cc1-c1ccc2sc3ccccc3c2c1. The second-order valence-corrected chi connectivity index (χ2v) is 13.8. The molecule has 0 bridgehead atoms. The van der Waals surface area contributed by atoms with Gasteiger partial charge in [-0.1, -0.05) is 97.1 Å². The van der Waals surface area contributed by atoms with Crippen molar-refractivity contribution >= 4 is 63.0 Å². The fourth-order valence-corrected chi connectivity index (χ4v) is 8.93. The van der Waals surface area contributed by atoms with Crippen molar-refractivity contribution in [1.29, 1.82) is 5.26 Å². The molecule has 0 atom stereocenters. The standard InChI is InChI=1S/C43H25NS2/c44-26-30-12-4-5-13-31(30)37-25-35(28-18-20-42-38(22-28)32-14-6-8-16-40(32)45-42)34(27-10-2-1-3-11-27)24-36(37)29-19-21-43-39(23-29)33-15-7-9-17-41(33)46-43/h1-25H. The van der Waals surface area contributed by atoms with Crippen LogP contribution >= 0.6 is 22.7 Å². The molecule has 0 unspecified atom stereocenters. The van der Waals surface area contributed by atoms with Gasteiger partial charge in [0, 0.05) is 45.9 Å². The lowest BCUT2D eigenvalue weighted by Crippen LogP contribution is -1.94. The number of nitriles is 1. The zero-order valence-electron chi connectivity index (χ0n) is 24.7. The predicted molar refractivity (Wildman–Crippen MR) is 199 cm³/mol. The minimum atomic E-state index is 0.670. The van der Waals surface area contributed by atoms with Gasteiger partial charge in [-0.05, 0) is 93.5 Å². The first kappa shape index (κ1) is 26.8. The first-order valence-electron chi connectivity index (χ1n) is 15.3. The second kappa shape index (κ2) is 10.8. The Balaban J connectivity index is 1.37. The zero-order valence-corrected chi connectivity index (χ0v) is 26.3. The molecule has 0 N–H and O–H groups in total. The van der Waals surface area contributed by atoms with Crippen molar-refractivity contribution < 1.29 is 0 Å². The third-order valence-electron chi connectivity index (χ3n) is 8.96. The molecule has 9 aromatic rings. The molecule has 46 heavy (non-hydrogen) atoms. The quantitative estimate of drug-likeness (QED) is 0.192. The Morgan fingerprint density at radius 1 is 0.348 bits per heavy atom. The Morgan fingerprint density at radius 3 is 1.46 bits per heavy atom. The average Bonchev–Trinajstić information content (AvgIpc) is 3.69. The van der Waals surface area contributed by atoms with Crippen molar-refractivity contribution in [1.82, 2.24) is 0 Å². The number of fused-ring (bicyclic) bond motifs is 6. The van der Waals surface area contributed by atoms with Crippen LogP contribution in [0.15, 0.2) is 152 Å². The van der Waals surface area contributed by atoms with Crippen LogP contribution in [0, 0.1) is 11.3 Å². The van der Waals surface area contributed by atoms with Gasteiger partial charge in [-0.2, -0.15) is 5.26 Å². The number of nitrogens with zero attached hydrogens (tertiary/aromatic N) is 1. The van der Waals surface area contributed by atoms with Crippen molar-refractivity contribution in [2.45, 2.75) is 0 Å². The van der Waals surface area contributed by atoms with Crippen LogP contribution in [0.5, 0.6) is 0 Å². The molecule has 0 amide bonds. The highest BCUT2D eigenvalue weighted by Crippen LogP contribution is 2.46. The molecule has 0 aliphatic carbocycles. The Kier molecular flexibility index (Phi) is 6.31. The normalized spacial score (nSPS) is 11.5. The molecule has 2 heterocycles. The maximum Gasteiger partial charge on any atom is 0.0998 e. The van der Waals surface area contributed by atoms with E-state index in [4.69, 9.17) is 0 Å². The average molecular weight is 620 g/mol. The molecule has 1 nitrogen and oxygen atoms in total. The first-order valence-corrected chi connectivity index (χ1v) is 16.9. The predicted octanol–water partition coefficient (Wildman–Crippen LogP) is 13.0. The largest absolute Gasteiger partial charge is 0.192 e. The van der Waals surface area contributed by atoms with Gasteiger partial charge in [-0.25, -0.2) is 0 Å². The molecular weight excluding hydrogens is 595 g/mol. The van der Waals surface area contributed by atoms with E-state index in [0.29, 0.717) is 5.56 Å². The van der Waals surface area contributed by atoms with E-state index < -0.39 is 0 Å². The molecule has 7 aromatic carbocycles. The molecule has 0 saturated carbocycles. The Hall–Kier alpha value is -5.53. The van der Waals surface area contributed by atoms with Gasteiger partial charge in [0.1, 0.15) is 0 Å². The van der Waals surface area contributed by atoms with Crippen LogP contribution in [0.1, 0.15) is 5.56 Å². The molecule has 214 valence electrons. The maximum atomic E-state index is 10.2. The van der Waals surface area contributed by atoms with E-state index in [1.165, 1.54) is 45.9 Å². The van der Waals surface area contributed by atoms with Crippen molar-refractivity contribution in [2.24, 2.45) is 0 Å². The third kappa shape index (κ3) is 4.35. The fourth-order valence-electron chi connectivity index (χ4n) is 6.76. The zero-order chi connectivity index (χ0) is 30.6. The Morgan fingerprint density at radius 2 is 0.826 bits per heavy atom. The highest BCUT2D eigenvalue weighted by Gasteiger charge is 2.19. The van der Waals surface area contributed by atoms with E-state index in [1.54, 1.807) is 0 Å². The molecule has 2 aromatic heterocycles. The van der Waals surface area contributed by atoms with Crippen molar-refractivity contribution in [3.63, 3.8) is 0 Å². The molecule has 9 rings (SSSR count). The van der Waals surface area contributed by atoms with E-state index >= 15 is 0 Å². The van der Waals surface area contributed by atoms with Gasteiger partial charge in [0.2, 0.25) is 0 Å². The van der Waals surface area contributed by atoms with E-state index in [9.17, 15) is 5.26 Å². The van der Waals surface area contributed by atoms with Crippen LogP contribution in [0.3, 0.4) is 0 Å². The maximum absolute atomic E-state index is 10.2. The van der Waals surface area contributed by atoms with Crippen LogP contribution in [-0.4, -0.2) is 0 Å². The summed E-state index contributed by atoms with van der Waals surface area (Å²) in [7, 11) is 0. The fraction of sp³-hybridized carbons (Fsp3) is 0.